The normalized spacial score (nSPS) is 22.8. The average Bonchev–Trinajstić information content (AvgIpc) is 2.84. The van der Waals surface area contributed by atoms with Crippen LogP contribution in [0, 0.1) is 0 Å². The van der Waals surface area contributed by atoms with Crippen molar-refractivity contribution in [1.82, 2.24) is 9.97 Å². The number of hydrogen-bond acceptors (Lipinski definition) is 5. The van der Waals surface area contributed by atoms with Crippen molar-refractivity contribution in [3.63, 3.8) is 0 Å². The minimum atomic E-state index is -1.66. The monoisotopic (exact) mass is 339 g/mol. The molecule has 0 unspecified atom stereocenters. The van der Waals surface area contributed by atoms with Gasteiger partial charge < -0.3 is 9.74 Å². The van der Waals surface area contributed by atoms with Crippen molar-refractivity contribution in [3.05, 3.63) is 12.3 Å². The summed E-state index contributed by atoms with van der Waals surface area (Å²) in [5, 5.41) is 4.63. The minimum absolute atomic E-state index is 0.276. The van der Waals surface area contributed by atoms with Gasteiger partial charge in [0.2, 0.25) is 0 Å². The highest BCUT2D eigenvalue weighted by atomic mass is 32.2. The van der Waals surface area contributed by atoms with E-state index >= 15 is 0 Å². The standard InChI is InChI=1S/C16H29N3OSSi/c1-16(2,3)22(5,6)20-13-8-7-12(11-13)18-14-9-10-17-15(19-14)21-4/h9-10,12-13H,7-8,11H2,1-6H3,(H,17,18,19)/t12-,13-/m0/s1. The van der Waals surface area contributed by atoms with E-state index in [1.165, 1.54) is 0 Å². The van der Waals surface area contributed by atoms with E-state index in [0.717, 1.165) is 30.2 Å². The van der Waals surface area contributed by atoms with Crippen LogP contribution in [0.5, 0.6) is 0 Å². The fourth-order valence-electron chi connectivity index (χ4n) is 2.50. The van der Waals surface area contributed by atoms with Crippen LogP contribution in [0.3, 0.4) is 0 Å². The SMILES string of the molecule is CSc1nccc(N[C@H]2CC[C@H](O[Si](C)(C)C(C)(C)C)C2)n1. The molecule has 0 radical (unpaired) electrons. The highest BCUT2D eigenvalue weighted by Gasteiger charge is 2.40. The number of nitrogens with zero attached hydrogens (tertiary/aromatic N) is 2. The minimum Gasteiger partial charge on any atom is -0.414 e. The van der Waals surface area contributed by atoms with Crippen molar-refractivity contribution in [2.45, 2.75) is 75.5 Å². The number of rotatable bonds is 5. The van der Waals surface area contributed by atoms with Crippen molar-refractivity contribution in [3.8, 4) is 0 Å². The molecular weight excluding hydrogens is 310 g/mol. The Morgan fingerprint density at radius 3 is 2.68 bits per heavy atom. The number of thioether (sulfide) groups is 1. The molecule has 1 N–H and O–H groups in total. The number of anilines is 1. The molecule has 0 spiro atoms. The largest absolute Gasteiger partial charge is 0.414 e. The van der Waals surface area contributed by atoms with Gasteiger partial charge in [-0.3, -0.25) is 0 Å². The third-order valence-electron chi connectivity index (χ3n) is 4.82. The molecule has 0 amide bonds. The van der Waals surface area contributed by atoms with E-state index in [1.54, 1.807) is 11.8 Å². The maximum absolute atomic E-state index is 6.54. The highest BCUT2D eigenvalue weighted by molar-refractivity contribution is 7.98. The third kappa shape index (κ3) is 4.46. The summed E-state index contributed by atoms with van der Waals surface area (Å²) >= 11 is 1.57. The fourth-order valence-corrected chi connectivity index (χ4v) is 4.26. The van der Waals surface area contributed by atoms with Gasteiger partial charge in [0.05, 0.1) is 0 Å². The Kier molecular flexibility index (Phi) is 5.56. The molecule has 0 aliphatic heterocycles. The first-order valence-corrected chi connectivity index (χ1v) is 12.2. The van der Waals surface area contributed by atoms with E-state index in [4.69, 9.17) is 4.43 Å². The zero-order chi connectivity index (χ0) is 16.4. The van der Waals surface area contributed by atoms with Crippen molar-refractivity contribution in [2.24, 2.45) is 0 Å². The lowest BCUT2D eigenvalue weighted by molar-refractivity contribution is 0.187. The second-order valence-corrected chi connectivity index (χ2v) is 13.1. The average molecular weight is 340 g/mol. The Balaban J connectivity index is 1.90. The Hall–Kier alpha value is -0.593. The molecule has 124 valence electrons. The summed E-state index contributed by atoms with van der Waals surface area (Å²) in [5.41, 5.74) is 0. The van der Waals surface area contributed by atoms with Crippen LogP contribution in [0.1, 0.15) is 40.0 Å². The van der Waals surface area contributed by atoms with Gasteiger partial charge in [0.15, 0.2) is 13.5 Å². The van der Waals surface area contributed by atoms with Gasteiger partial charge in [-0.15, -0.1) is 0 Å². The first kappa shape index (κ1) is 17.8. The molecule has 22 heavy (non-hydrogen) atoms. The smallest absolute Gasteiger partial charge is 0.192 e. The number of aromatic nitrogens is 2. The van der Waals surface area contributed by atoms with Crippen LogP contribution in [-0.4, -0.2) is 36.7 Å². The molecule has 1 heterocycles. The van der Waals surface area contributed by atoms with Crippen LogP contribution < -0.4 is 5.32 Å². The Morgan fingerprint density at radius 2 is 2.05 bits per heavy atom. The zero-order valence-electron chi connectivity index (χ0n) is 14.6. The molecule has 1 aromatic rings. The Bertz CT molecular complexity index is 504. The molecule has 1 aliphatic rings. The van der Waals surface area contributed by atoms with E-state index in [9.17, 15) is 0 Å². The second kappa shape index (κ2) is 6.89. The lowest BCUT2D eigenvalue weighted by Crippen LogP contribution is -2.43. The van der Waals surface area contributed by atoms with Gasteiger partial charge in [-0.05, 0) is 49.7 Å². The molecule has 2 atom stereocenters. The lowest BCUT2D eigenvalue weighted by atomic mass is 10.2. The molecule has 1 aromatic heterocycles. The zero-order valence-corrected chi connectivity index (χ0v) is 16.5. The molecule has 0 saturated heterocycles. The molecule has 1 fully saturated rings. The first-order chi connectivity index (χ1) is 10.2. The molecule has 1 saturated carbocycles. The van der Waals surface area contributed by atoms with Crippen LogP contribution in [0.25, 0.3) is 0 Å². The second-order valence-electron chi connectivity index (χ2n) is 7.58. The van der Waals surface area contributed by atoms with Crippen LogP contribution >= 0.6 is 11.8 Å². The third-order valence-corrected chi connectivity index (χ3v) is 9.92. The summed E-state index contributed by atoms with van der Waals surface area (Å²) in [7, 11) is -1.66. The van der Waals surface area contributed by atoms with Gasteiger partial charge in [0, 0.05) is 18.3 Å². The summed E-state index contributed by atoms with van der Waals surface area (Å²) in [6.45, 7) is 11.6. The molecule has 4 nitrogen and oxygen atoms in total. The van der Waals surface area contributed by atoms with Crippen LogP contribution in [0.15, 0.2) is 17.4 Å². The van der Waals surface area contributed by atoms with Crippen molar-refractivity contribution in [1.29, 1.82) is 0 Å². The van der Waals surface area contributed by atoms with Crippen molar-refractivity contribution >= 4 is 25.9 Å². The van der Waals surface area contributed by atoms with E-state index in [1.807, 2.05) is 18.5 Å². The van der Waals surface area contributed by atoms with Gasteiger partial charge >= 0.3 is 0 Å². The molecule has 0 bridgehead atoms. The van der Waals surface area contributed by atoms with Crippen LogP contribution in [0.2, 0.25) is 18.1 Å². The van der Waals surface area contributed by atoms with Gasteiger partial charge in [-0.2, -0.15) is 0 Å². The van der Waals surface area contributed by atoms with E-state index in [0.29, 0.717) is 12.1 Å². The topological polar surface area (TPSA) is 47.0 Å². The van der Waals surface area contributed by atoms with E-state index in [2.05, 4.69) is 49.1 Å². The molecule has 2 rings (SSSR count). The maximum Gasteiger partial charge on any atom is 0.192 e. The van der Waals surface area contributed by atoms with Crippen LogP contribution in [0.4, 0.5) is 5.82 Å². The van der Waals surface area contributed by atoms with Gasteiger partial charge in [-0.25, -0.2) is 9.97 Å². The van der Waals surface area contributed by atoms with Crippen molar-refractivity contribution in [2.75, 3.05) is 11.6 Å². The Labute approximate surface area is 140 Å². The van der Waals surface area contributed by atoms with Crippen molar-refractivity contribution < 1.29 is 4.43 Å². The van der Waals surface area contributed by atoms with Crippen LogP contribution in [-0.2, 0) is 4.43 Å². The molecule has 6 heteroatoms. The summed E-state index contributed by atoms with van der Waals surface area (Å²) in [5.74, 6) is 0.928. The maximum atomic E-state index is 6.54. The summed E-state index contributed by atoms with van der Waals surface area (Å²) in [6.07, 6.45) is 7.57. The predicted octanol–water partition coefficient (Wildman–Crippen LogP) is 4.55. The summed E-state index contributed by atoms with van der Waals surface area (Å²) in [4.78, 5) is 8.72. The quantitative estimate of drug-likeness (QED) is 0.484. The highest BCUT2D eigenvalue weighted by Crippen LogP contribution is 2.39. The van der Waals surface area contributed by atoms with Gasteiger partial charge in [-0.1, -0.05) is 32.5 Å². The molecule has 1 aliphatic carbocycles. The number of nitrogens with one attached hydrogen (secondary N) is 1. The number of hydrogen-bond donors (Lipinski definition) is 1. The molecular formula is C16H29N3OSSi. The molecule has 0 aromatic carbocycles. The first-order valence-electron chi connectivity index (χ1n) is 8.02. The van der Waals surface area contributed by atoms with Gasteiger partial charge in [0.1, 0.15) is 5.82 Å². The summed E-state index contributed by atoms with van der Waals surface area (Å²) < 4.78 is 6.54. The van der Waals surface area contributed by atoms with Gasteiger partial charge in [0.25, 0.3) is 0 Å². The van der Waals surface area contributed by atoms with E-state index in [-0.39, 0.29) is 5.04 Å². The Morgan fingerprint density at radius 1 is 1.32 bits per heavy atom. The summed E-state index contributed by atoms with van der Waals surface area (Å²) in [6, 6.07) is 2.40. The fraction of sp³-hybridized carbons (Fsp3) is 0.750. The lowest BCUT2D eigenvalue weighted by Gasteiger charge is -2.38. The predicted molar refractivity (Wildman–Crippen MR) is 97.1 cm³/mol. The van der Waals surface area contributed by atoms with E-state index < -0.39 is 8.32 Å².